The Balaban J connectivity index is 1.87. The molecule has 2 aromatic rings. The summed E-state index contributed by atoms with van der Waals surface area (Å²) < 4.78 is 1.04. The lowest BCUT2D eigenvalue weighted by Crippen LogP contribution is -2.05. The zero-order valence-corrected chi connectivity index (χ0v) is 14.6. The second kappa shape index (κ2) is 7.91. The van der Waals surface area contributed by atoms with E-state index in [9.17, 15) is 15.2 Å². The van der Waals surface area contributed by atoms with Crippen LogP contribution in [0.2, 0.25) is 0 Å². The lowest BCUT2D eigenvalue weighted by molar-refractivity contribution is -0.384. The van der Waals surface area contributed by atoms with Crippen LogP contribution in [-0.2, 0) is 0 Å². The molecule has 2 N–H and O–H groups in total. The average Bonchev–Trinajstić information content (AvgIpc) is 2.52. The van der Waals surface area contributed by atoms with Gasteiger partial charge in [-0.3, -0.25) is 15.1 Å². The van der Waals surface area contributed by atoms with Gasteiger partial charge in [-0.2, -0.15) is 0 Å². The van der Waals surface area contributed by atoms with Crippen molar-refractivity contribution < 1.29 is 10.0 Å². The Morgan fingerprint density at radius 1 is 1.35 bits per heavy atom. The van der Waals surface area contributed by atoms with E-state index in [0.717, 1.165) is 14.8 Å². The van der Waals surface area contributed by atoms with Crippen LogP contribution in [0, 0.1) is 20.6 Å². The van der Waals surface area contributed by atoms with Gasteiger partial charge in [0.25, 0.3) is 5.69 Å². The van der Waals surface area contributed by atoms with Crippen molar-refractivity contribution in [3.63, 3.8) is 0 Å². The van der Waals surface area contributed by atoms with Gasteiger partial charge in [-0.15, -0.1) is 0 Å². The Hall–Kier alpha value is -2.16. The lowest BCUT2D eigenvalue weighted by atomic mass is 10.1. The molecule has 0 saturated carbocycles. The number of aryl methyl sites for hydroxylation is 1. The van der Waals surface area contributed by atoms with Gasteiger partial charge in [-0.05, 0) is 59.3 Å². The molecule has 6 nitrogen and oxygen atoms in total. The second-order valence-electron chi connectivity index (χ2n) is 4.93. The van der Waals surface area contributed by atoms with Gasteiger partial charge < -0.3 is 10.4 Å². The molecule has 0 heterocycles. The maximum Gasteiger partial charge on any atom is 0.269 e. The zero-order valence-electron chi connectivity index (χ0n) is 12.5. The minimum Gasteiger partial charge on any atom is -0.507 e. The van der Waals surface area contributed by atoms with Gasteiger partial charge in [0.15, 0.2) is 0 Å². The Morgan fingerprint density at radius 3 is 2.70 bits per heavy atom. The average molecular weight is 425 g/mol. The predicted molar refractivity (Wildman–Crippen MR) is 99.6 cm³/mol. The number of halogens is 1. The van der Waals surface area contributed by atoms with Crippen molar-refractivity contribution >= 4 is 40.2 Å². The first-order valence-corrected chi connectivity index (χ1v) is 8.02. The summed E-state index contributed by atoms with van der Waals surface area (Å²) in [6.45, 7) is 2.98. The first kappa shape index (κ1) is 17.2. The van der Waals surface area contributed by atoms with Crippen LogP contribution in [0.25, 0.3) is 0 Å². The molecule has 2 aromatic carbocycles. The van der Waals surface area contributed by atoms with Crippen molar-refractivity contribution in [1.29, 1.82) is 0 Å². The summed E-state index contributed by atoms with van der Waals surface area (Å²) in [4.78, 5) is 14.4. The summed E-state index contributed by atoms with van der Waals surface area (Å²) in [7, 11) is 0. The van der Waals surface area contributed by atoms with Crippen LogP contribution in [-0.4, -0.2) is 29.3 Å². The fraction of sp³-hybridized carbons (Fsp3) is 0.188. The predicted octanol–water partition coefficient (Wildman–Crippen LogP) is 3.74. The number of non-ortho nitro benzene ring substituents is 1. The molecule has 0 aromatic heterocycles. The normalized spacial score (nSPS) is 10.9. The highest BCUT2D eigenvalue weighted by molar-refractivity contribution is 14.1. The molecule has 0 bridgehead atoms. The molecule has 0 aliphatic carbocycles. The van der Waals surface area contributed by atoms with Crippen LogP contribution in [0.1, 0.15) is 11.1 Å². The molecule has 0 atom stereocenters. The summed E-state index contributed by atoms with van der Waals surface area (Å²) in [5, 5.41) is 23.7. The van der Waals surface area contributed by atoms with Crippen LogP contribution in [0.3, 0.4) is 0 Å². The van der Waals surface area contributed by atoms with E-state index in [-0.39, 0.29) is 11.4 Å². The number of phenolic OH excluding ortho intramolecular Hbond substituents is 1. The maximum atomic E-state index is 10.6. The number of nitrogens with zero attached hydrogens (tertiary/aromatic N) is 2. The summed E-state index contributed by atoms with van der Waals surface area (Å²) >= 11 is 2.20. The molecule has 0 saturated heterocycles. The van der Waals surface area contributed by atoms with Crippen LogP contribution >= 0.6 is 22.6 Å². The fourth-order valence-corrected chi connectivity index (χ4v) is 2.79. The number of benzene rings is 2. The second-order valence-corrected chi connectivity index (χ2v) is 6.17. The van der Waals surface area contributed by atoms with E-state index in [2.05, 4.69) is 32.9 Å². The van der Waals surface area contributed by atoms with Crippen molar-refractivity contribution in [2.24, 2.45) is 4.99 Å². The number of hydrogen-bond donors (Lipinski definition) is 2. The Kier molecular flexibility index (Phi) is 5.91. The monoisotopic (exact) mass is 425 g/mol. The standard InChI is InChI=1S/C16H16IN3O3/c1-11-8-13(17)9-12(16(11)21)10-18-6-7-19-14-2-4-15(5-3-14)20(22)23/h2-5,8-10,19,21H,6-7H2,1H3. The van der Waals surface area contributed by atoms with Crippen molar-refractivity contribution in [3.8, 4) is 5.75 Å². The van der Waals surface area contributed by atoms with Crippen molar-refractivity contribution in [3.05, 3.63) is 61.2 Å². The minimum absolute atomic E-state index is 0.0677. The van der Waals surface area contributed by atoms with E-state index in [1.165, 1.54) is 12.1 Å². The molecule has 0 unspecified atom stereocenters. The molecule has 23 heavy (non-hydrogen) atoms. The highest BCUT2D eigenvalue weighted by Gasteiger charge is 2.04. The SMILES string of the molecule is Cc1cc(I)cc(C=NCCNc2ccc([N+](=O)[O-])cc2)c1O. The Labute approximate surface area is 147 Å². The number of nitro benzene ring substituents is 1. The Morgan fingerprint density at radius 2 is 2.04 bits per heavy atom. The molecule has 0 aliphatic rings. The molecule has 7 heteroatoms. The third-order valence-electron chi connectivity index (χ3n) is 3.17. The van der Waals surface area contributed by atoms with Crippen LogP contribution < -0.4 is 5.32 Å². The first-order chi connectivity index (χ1) is 11.0. The number of phenols is 1. The molecule has 0 amide bonds. The third kappa shape index (κ3) is 4.92. The minimum atomic E-state index is -0.427. The van der Waals surface area contributed by atoms with E-state index in [1.807, 2.05) is 19.1 Å². The van der Waals surface area contributed by atoms with E-state index in [4.69, 9.17) is 0 Å². The fourth-order valence-electron chi connectivity index (χ4n) is 1.99. The number of nitrogens with one attached hydrogen (secondary N) is 1. The number of aliphatic imine (C=N–C) groups is 1. The van der Waals surface area contributed by atoms with Gasteiger partial charge in [0.05, 0.1) is 11.5 Å². The van der Waals surface area contributed by atoms with Crippen molar-refractivity contribution in [1.82, 2.24) is 0 Å². The van der Waals surface area contributed by atoms with Gasteiger partial charge in [-0.25, -0.2) is 0 Å². The van der Waals surface area contributed by atoms with Crippen LogP contribution in [0.4, 0.5) is 11.4 Å². The number of rotatable bonds is 6. The molecule has 0 spiro atoms. The highest BCUT2D eigenvalue weighted by Crippen LogP contribution is 2.23. The quantitative estimate of drug-likeness (QED) is 0.243. The number of anilines is 1. The van der Waals surface area contributed by atoms with Gasteiger partial charge >= 0.3 is 0 Å². The molecule has 120 valence electrons. The molecule has 0 aliphatic heterocycles. The molecule has 0 fully saturated rings. The summed E-state index contributed by atoms with van der Waals surface area (Å²) in [5.74, 6) is 0.248. The number of hydrogen-bond acceptors (Lipinski definition) is 5. The lowest BCUT2D eigenvalue weighted by Gasteiger charge is -2.05. The number of nitro groups is 1. The zero-order chi connectivity index (χ0) is 16.8. The molecular formula is C16H16IN3O3. The van der Waals surface area contributed by atoms with E-state index in [1.54, 1.807) is 18.3 Å². The van der Waals surface area contributed by atoms with Crippen LogP contribution in [0.5, 0.6) is 5.75 Å². The van der Waals surface area contributed by atoms with Crippen molar-refractivity contribution in [2.75, 3.05) is 18.4 Å². The smallest absolute Gasteiger partial charge is 0.269 e. The van der Waals surface area contributed by atoms with E-state index in [0.29, 0.717) is 18.7 Å². The summed E-state index contributed by atoms with van der Waals surface area (Å²) in [6, 6.07) is 10.0. The molecule has 2 rings (SSSR count). The topological polar surface area (TPSA) is 87.8 Å². The molecular weight excluding hydrogens is 409 g/mol. The van der Waals surface area contributed by atoms with E-state index < -0.39 is 4.92 Å². The highest BCUT2D eigenvalue weighted by atomic mass is 127. The van der Waals surface area contributed by atoms with Crippen molar-refractivity contribution in [2.45, 2.75) is 6.92 Å². The van der Waals surface area contributed by atoms with Gasteiger partial charge in [0, 0.05) is 39.7 Å². The van der Waals surface area contributed by atoms with E-state index >= 15 is 0 Å². The maximum absolute atomic E-state index is 10.6. The largest absolute Gasteiger partial charge is 0.507 e. The first-order valence-electron chi connectivity index (χ1n) is 6.94. The summed E-state index contributed by atoms with van der Waals surface area (Å²) in [5.41, 5.74) is 2.39. The number of aromatic hydroxyl groups is 1. The Bertz CT molecular complexity index is 730. The summed E-state index contributed by atoms with van der Waals surface area (Å²) in [6.07, 6.45) is 1.65. The van der Waals surface area contributed by atoms with Crippen LogP contribution in [0.15, 0.2) is 41.4 Å². The van der Waals surface area contributed by atoms with Gasteiger partial charge in [0.2, 0.25) is 0 Å². The molecule has 0 radical (unpaired) electrons. The van der Waals surface area contributed by atoms with Gasteiger partial charge in [-0.1, -0.05) is 0 Å². The van der Waals surface area contributed by atoms with Gasteiger partial charge in [0.1, 0.15) is 5.75 Å². The third-order valence-corrected chi connectivity index (χ3v) is 3.80.